The van der Waals surface area contributed by atoms with Gasteiger partial charge in [-0.1, -0.05) is 0 Å². The van der Waals surface area contributed by atoms with Crippen LogP contribution in [0.15, 0.2) is 40.8 Å². The van der Waals surface area contributed by atoms with E-state index in [0.29, 0.717) is 22.6 Å². The number of nitrogens with one attached hydrogen (secondary N) is 1. The lowest BCUT2D eigenvalue weighted by Crippen LogP contribution is -2.14. The van der Waals surface area contributed by atoms with Gasteiger partial charge in [-0.3, -0.25) is 9.59 Å². The van der Waals surface area contributed by atoms with Crippen molar-refractivity contribution in [1.82, 2.24) is 0 Å². The summed E-state index contributed by atoms with van der Waals surface area (Å²) in [6.07, 6.45) is 0. The number of ether oxygens (including phenoxy) is 3. The minimum absolute atomic E-state index is 0.0267. The van der Waals surface area contributed by atoms with Crippen molar-refractivity contribution in [3.8, 4) is 5.75 Å². The molecule has 2 aromatic heterocycles. The lowest BCUT2D eigenvalue weighted by molar-refractivity contribution is 0.0526. The molecule has 0 radical (unpaired) electrons. The molecule has 0 spiro atoms. The average molecular weight is 487 g/mol. The van der Waals surface area contributed by atoms with Crippen LogP contribution in [-0.4, -0.2) is 37.5 Å². The molecule has 10 nitrogen and oxygen atoms in total. The number of rotatable bonds is 9. The number of hydrogen-bond donors (Lipinski definition) is 2. The van der Waals surface area contributed by atoms with Crippen molar-refractivity contribution in [3.63, 3.8) is 0 Å². The van der Waals surface area contributed by atoms with Gasteiger partial charge in [-0.05, 0) is 55.8 Å². The van der Waals surface area contributed by atoms with E-state index in [-0.39, 0.29) is 34.4 Å². The van der Waals surface area contributed by atoms with Crippen LogP contribution in [-0.2, 0) is 16.1 Å². The maximum Gasteiger partial charge on any atom is 0.341 e. The van der Waals surface area contributed by atoms with Gasteiger partial charge in [-0.15, -0.1) is 11.3 Å². The minimum atomic E-state index is -0.717. The molecule has 2 heterocycles. The molecule has 34 heavy (non-hydrogen) atoms. The second kappa shape index (κ2) is 10.7. The summed E-state index contributed by atoms with van der Waals surface area (Å²) < 4.78 is 20.8. The first-order valence-corrected chi connectivity index (χ1v) is 10.9. The van der Waals surface area contributed by atoms with Crippen molar-refractivity contribution < 1.29 is 37.8 Å². The van der Waals surface area contributed by atoms with Crippen molar-refractivity contribution in [2.24, 2.45) is 5.73 Å². The van der Waals surface area contributed by atoms with Crippen molar-refractivity contribution >= 4 is 40.1 Å². The van der Waals surface area contributed by atoms with E-state index in [4.69, 9.17) is 19.6 Å². The molecule has 0 unspecified atom stereocenters. The van der Waals surface area contributed by atoms with Gasteiger partial charge in [0.05, 0.1) is 29.7 Å². The summed E-state index contributed by atoms with van der Waals surface area (Å²) in [6.45, 7) is 3.36. The molecule has 0 aliphatic carbocycles. The molecule has 3 rings (SSSR count). The second-order valence-corrected chi connectivity index (χ2v) is 7.89. The van der Waals surface area contributed by atoms with Gasteiger partial charge < -0.3 is 29.7 Å². The highest BCUT2D eigenvalue weighted by atomic mass is 32.1. The first-order chi connectivity index (χ1) is 16.2. The number of hydrogen-bond acceptors (Lipinski definition) is 9. The molecule has 0 aliphatic rings. The van der Waals surface area contributed by atoms with Crippen LogP contribution < -0.4 is 15.8 Å². The van der Waals surface area contributed by atoms with E-state index in [1.54, 1.807) is 44.2 Å². The van der Waals surface area contributed by atoms with E-state index >= 15 is 0 Å². The molecule has 0 atom stereocenters. The number of amides is 2. The van der Waals surface area contributed by atoms with E-state index in [0.717, 1.165) is 11.3 Å². The zero-order valence-corrected chi connectivity index (χ0v) is 19.4. The molecule has 0 aliphatic heterocycles. The number of furan rings is 1. The lowest BCUT2D eigenvalue weighted by atomic mass is 10.1. The van der Waals surface area contributed by atoms with Crippen LogP contribution in [0.5, 0.6) is 5.75 Å². The molecular formula is C23H22N2O8S. The lowest BCUT2D eigenvalue weighted by Gasteiger charge is -2.06. The van der Waals surface area contributed by atoms with Crippen LogP contribution in [0, 0.1) is 6.92 Å². The molecule has 0 saturated carbocycles. The Morgan fingerprint density at radius 1 is 1.06 bits per heavy atom. The fraction of sp³-hybridized carbons (Fsp3) is 0.217. The monoisotopic (exact) mass is 486 g/mol. The SMILES string of the molecule is CCOC(=O)c1c(NC(=O)c2ccc(COc3ccc(C(=O)OC)cc3)o2)sc(C(N)=O)c1C. The number of methoxy groups -OCH3 is 1. The van der Waals surface area contributed by atoms with Crippen LogP contribution in [0.2, 0.25) is 0 Å². The topological polar surface area (TPSA) is 147 Å². The Hall–Kier alpha value is -4.12. The molecular weight excluding hydrogens is 464 g/mol. The number of esters is 2. The minimum Gasteiger partial charge on any atom is -0.486 e. The highest BCUT2D eigenvalue weighted by Gasteiger charge is 2.26. The average Bonchev–Trinajstić information content (AvgIpc) is 3.42. The summed E-state index contributed by atoms with van der Waals surface area (Å²) in [5, 5.41) is 2.72. The number of carbonyl (C=O) groups excluding carboxylic acids is 4. The summed E-state index contributed by atoms with van der Waals surface area (Å²) in [4.78, 5) is 48.4. The van der Waals surface area contributed by atoms with E-state index in [9.17, 15) is 19.2 Å². The van der Waals surface area contributed by atoms with Gasteiger partial charge in [0.2, 0.25) is 0 Å². The zero-order chi connectivity index (χ0) is 24.8. The van der Waals surface area contributed by atoms with Gasteiger partial charge in [-0.2, -0.15) is 0 Å². The normalized spacial score (nSPS) is 10.4. The van der Waals surface area contributed by atoms with E-state index in [2.05, 4.69) is 10.1 Å². The zero-order valence-electron chi connectivity index (χ0n) is 18.6. The molecule has 0 saturated heterocycles. The van der Waals surface area contributed by atoms with Crippen LogP contribution in [0.1, 0.15) is 59.2 Å². The smallest absolute Gasteiger partial charge is 0.341 e. The van der Waals surface area contributed by atoms with Gasteiger partial charge in [0.25, 0.3) is 11.8 Å². The van der Waals surface area contributed by atoms with Gasteiger partial charge in [-0.25, -0.2) is 9.59 Å². The summed E-state index contributed by atoms with van der Waals surface area (Å²) >= 11 is 0.884. The largest absolute Gasteiger partial charge is 0.486 e. The van der Waals surface area contributed by atoms with Crippen molar-refractivity contribution in [2.75, 3.05) is 19.0 Å². The van der Waals surface area contributed by atoms with E-state index < -0.39 is 23.8 Å². The Kier molecular flexibility index (Phi) is 7.69. The maximum atomic E-state index is 12.7. The Morgan fingerprint density at radius 3 is 2.38 bits per heavy atom. The van der Waals surface area contributed by atoms with Crippen LogP contribution in [0.25, 0.3) is 0 Å². The number of primary amides is 1. The number of thiophene rings is 1. The van der Waals surface area contributed by atoms with E-state index in [1.807, 2.05) is 0 Å². The maximum absolute atomic E-state index is 12.7. The third kappa shape index (κ3) is 5.44. The summed E-state index contributed by atoms with van der Waals surface area (Å²) in [7, 11) is 1.30. The Labute approximate surface area is 198 Å². The van der Waals surface area contributed by atoms with Gasteiger partial charge in [0, 0.05) is 0 Å². The predicted octanol–water partition coefficient (Wildman–Crippen LogP) is 3.54. The second-order valence-electron chi connectivity index (χ2n) is 6.87. The van der Waals surface area contributed by atoms with Crippen molar-refractivity contribution in [2.45, 2.75) is 20.5 Å². The van der Waals surface area contributed by atoms with Gasteiger partial charge in [0.1, 0.15) is 23.1 Å². The van der Waals surface area contributed by atoms with E-state index in [1.165, 1.54) is 13.2 Å². The third-order valence-corrected chi connectivity index (χ3v) is 5.84. The third-order valence-electron chi connectivity index (χ3n) is 4.62. The fourth-order valence-corrected chi connectivity index (χ4v) is 4.03. The Bertz CT molecular complexity index is 1230. The number of anilines is 1. The number of carbonyl (C=O) groups is 4. The molecule has 3 aromatic rings. The van der Waals surface area contributed by atoms with Crippen LogP contribution in [0.3, 0.4) is 0 Å². The molecule has 2 amide bonds. The first-order valence-electron chi connectivity index (χ1n) is 10.1. The summed E-state index contributed by atoms with van der Waals surface area (Å²) in [5.41, 5.74) is 6.17. The highest BCUT2D eigenvalue weighted by molar-refractivity contribution is 7.18. The molecule has 0 fully saturated rings. The quantitative estimate of drug-likeness (QED) is 0.437. The highest BCUT2D eigenvalue weighted by Crippen LogP contribution is 2.34. The molecule has 11 heteroatoms. The Balaban J connectivity index is 1.70. The van der Waals surface area contributed by atoms with Crippen LogP contribution in [0.4, 0.5) is 5.00 Å². The fourth-order valence-electron chi connectivity index (χ4n) is 2.99. The molecule has 178 valence electrons. The summed E-state index contributed by atoms with van der Waals surface area (Å²) in [6, 6.07) is 9.36. The molecule has 1 aromatic carbocycles. The van der Waals surface area contributed by atoms with Gasteiger partial charge in [0.15, 0.2) is 5.76 Å². The van der Waals surface area contributed by atoms with Gasteiger partial charge >= 0.3 is 11.9 Å². The predicted molar refractivity (Wildman–Crippen MR) is 122 cm³/mol. The number of benzene rings is 1. The first kappa shape index (κ1) is 24.5. The summed E-state index contributed by atoms with van der Waals surface area (Å²) in [5.74, 6) is -1.65. The van der Waals surface area contributed by atoms with Crippen molar-refractivity contribution in [3.05, 3.63) is 69.5 Å². The molecule has 3 N–H and O–H groups in total. The molecule has 0 bridgehead atoms. The van der Waals surface area contributed by atoms with Crippen molar-refractivity contribution in [1.29, 1.82) is 0 Å². The number of nitrogens with two attached hydrogens (primary N) is 1. The van der Waals surface area contributed by atoms with Crippen LogP contribution >= 0.6 is 11.3 Å². The Morgan fingerprint density at radius 2 is 1.76 bits per heavy atom. The standard InChI is InChI=1S/C23H22N2O8S/c1-4-31-23(29)17-12(2)18(19(24)26)34-21(17)25-20(27)16-10-9-15(33-16)11-32-14-7-5-13(6-8-14)22(28)30-3/h5-10H,4,11H2,1-3H3,(H2,24,26)(H,25,27).